The predicted molar refractivity (Wildman–Crippen MR) is 85.1 cm³/mol. The molecule has 0 spiro atoms. The number of hydrogen-bond donors (Lipinski definition) is 1. The van der Waals surface area contributed by atoms with E-state index in [0.717, 1.165) is 16.9 Å². The molecule has 2 rings (SSSR count). The van der Waals surface area contributed by atoms with E-state index in [9.17, 15) is 0 Å². The van der Waals surface area contributed by atoms with E-state index in [4.69, 9.17) is 16.3 Å². The van der Waals surface area contributed by atoms with Crippen LogP contribution < -0.4 is 10.1 Å². The average Bonchev–Trinajstić information content (AvgIpc) is 2.88. The Kier molecular flexibility index (Phi) is 4.42. The van der Waals surface area contributed by atoms with Crippen molar-refractivity contribution in [3.8, 4) is 5.75 Å². The van der Waals surface area contributed by atoms with Crippen LogP contribution in [0.4, 0.5) is 5.69 Å². The van der Waals surface area contributed by atoms with Crippen molar-refractivity contribution in [1.82, 2.24) is 15.0 Å². The van der Waals surface area contributed by atoms with Crippen molar-refractivity contribution >= 4 is 17.3 Å². The molecule has 5 nitrogen and oxygen atoms in total. The zero-order chi connectivity index (χ0) is 15.6. The summed E-state index contributed by atoms with van der Waals surface area (Å²) in [5, 5.41) is 12.3. The maximum atomic E-state index is 6.10. The number of aryl methyl sites for hydroxylation is 1. The van der Waals surface area contributed by atoms with Gasteiger partial charge in [0.1, 0.15) is 11.4 Å². The minimum absolute atomic E-state index is 0.0696. The van der Waals surface area contributed by atoms with E-state index in [1.54, 1.807) is 7.11 Å². The van der Waals surface area contributed by atoms with Gasteiger partial charge in [-0.05, 0) is 39.3 Å². The van der Waals surface area contributed by atoms with Crippen LogP contribution in [0.1, 0.15) is 32.0 Å². The molecule has 0 unspecified atom stereocenters. The molecule has 0 radical (unpaired) electrons. The summed E-state index contributed by atoms with van der Waals surface area (Å²) in [5.41, 5.74) is 2.70. The molecular formula is C15H21ClN4O. The Hall–Kier alpha value is -1.75. The zero-order valence-corrected chi connectivity index (χ0v) is 13.8. The van der Waals surface area contributed by atoms with Gasteiger partial charge in [0.2, 0.25) is 0 Å². The largest absolute Gasteiger partial charge is 0.495 e. The summed E-state index contributed by atoms with van der Waals surface area (Å²) < 4.78 is 7.20. The lowest BCUT2D eigenvalue weighted by atomic mass is 10.1. The second kappa shape index (κ2) is 5.93. The summed E-state index contributed by atoms with van der Waals surface area (Å²) in [7, 11) is 1.63. The molecule has 1 aromatic heterocycles. The summed E-state index contributed by atoms with van der Waals surface area (Å²) in [6, 6.07) is 3.78. The molecule has 1 heterocycles. The highest BCUT2D eigenvalue weighted by Gasteiger charge is 2.15. The minimum Gasteiger partial charge on any atom is -0.495 e. The van der Waals surface area contributed by atoms with Gasteiger partial charge in [-0.25, -0.2) is 4.68 Å². The minimum atomic E-state index is -0.0696. The van der Waals surface area contributed by atoms with Crippen LogP contribution in [0.5, 0.6) is 5.75 Å². The zero-order valence-electron chi connectivity index (χ0n) is 13.1. The molecule has 0 fully saturated rings. The van der Waals surface area contributed by atoms with Gasteiger partial charge in [-0.3, -0.25) is 0 Å². The van der Waals surface area contributed by atoms with Crippen molar-refractivity contribution in [2.24, 2.45) is 0 Å². The van der Waals surface area contributed by atoms with Gasteiger partial charge in [-0.1, -0.05) is 16.8 Å². The van der Waals surface area contributed by atoms with E-state index >= 15 is 0 Å². The lowest BCUT2D eigenvalue weighted by molar-refractivity contribution is 0.347. The summed E-state index contributed by atoms with van der Waals surface area (Å²) in [6.45, 7) is 8.80. The maximum absolute atomic E-state index is 6.10. The fourth-order valence-corrected chi connectivity index (χ4v) is 2.02. The standard InChI is InChI=1S/C15H21ClN4O/c1-10-6-13(14(21-5)7-12(10)16)17-8-11-9-20(19-18-11)15(2,3)4/h6-7,9,17H,8H2,1-5H3. The van der Waals surface area contributed by atoms with Crippen molar-refractivity contribution in [2.75, 3.05) is 12.4 Å². The monoisotopic (exact) mass is 308 g/mol. The fourth-order valence-electron chi connectivity index (χ4n) is 1.86. The predicted octanol–water partition coefficient (Wildman–Crippen LogP) is 3.62. The van der Waals surface area contributed by atoms with E-state index in [1.165, 1.54) is 0 Å². The van der Waals surface area contributed by atoms with Crippen LogP contribution in [-0.4, -0.2) is 22.1 Å². The normalized spacial score (nSPS) is 11.5. The second-order valence-electron chi connectivity index (χ2n) is 5.98. The maximum Gasteiger partial charge on any atom is 0.143 e. The van der Waals surface area contributed by atoms with Crippen LogP contribution in [0.3, 0.4) is 0 Å². The molecule has 0 saturated heterocycles. The highest BCUT2D eigenvalue weighted by atomic mass is 35.5. The molecule has 2 aromatic rings. The van der Waals surface area contributed by atoms with E-state index in [0.29, 0.717) is 17.3 Å². The smallest absolute Gasteiger partial charge is 0.143 e. The summed E-state index contributed by atoms with van der Waals surface area (Å²) >= 11 is 6.10. The number of halogens is 1. The van der Waals surface area contributed by atoms with Gasteiger partial charge in [-0.15, -0.1) is 5.10 Å². The third kappa shape index (κ3) is 3.67. The first-order valence-corrected chi connectivity index (χ1v) is 7.19. The number of benzene rings is 1. The Balaban J connectivity index is 2.13. The molecule has 0 aliphatic rings. The molecule has 1 N–H and O–H groups in total. The topological polar surface area (TPSA) is 52.0 Å². The molecule has 0 bridgehead atoms. The molecule has 0 saturated carbocycles. The van der Waals surface area contributed by atoms with Crippen molar-refractivity contribution in [1.29, 1.82) is 0 Å². The van der Waals surface area contributed by atoms with Crippen LogP contribution >= 0.6 is 11.6 Å². The first kappa shape index (κ1) is 15.6. The first-order chi connectivity index (χ1) is 9.81. The molecule has 114 valence electrons. The SMILES string of the molecule is COc1cc(Cl)c(C)cc1NCc1cn(C(C)(C)C)nn1. The average molecular weight is 309 g/mol. The van der Waals surface area contributed by atoms with Crippen molar-refractivity contribution in [3.05, 3.63) is 34.6 Å². The van der Waals surface area contributed by atoms with E-state index in [1.807, 2.05) is 29.9 Å². The lowest BCUT2D eigenvalue weighted by Gasteiger charge is -2.17. The Labute approximate surface area is 130 Å². The van der Waals surface area contributed by atoms with Crippen molar-refractivity contribution in [2.45, 2.75) is 39.8 Å². The number of methoxy groups -OCH3 is 1. The molecule has 0 amide bonds. The number of ether oxygens (including phenoxy) is 1. The van der Waals surface area contributed by atoms with Gasteiger partial charge in [-0.2, -0.15) is 0 Å². The summed E-state index contributed by atoms with van der Waals surface area (Å²) in [6.07, 6.45) is 1.95. The highest BCUT2D eigenvalue weighted by molar-refractivity contribution is 6.31. The van der Waals surface area contributed by atoms with Crippen LogP contribution in [0.2, 0.25) is 5.02 Å². The molecule has 0 aliphatic carbocycles. The Bertz CT molecular complexity index is 631. The molecule has 21 heavy (non-hydrogen) atoms. The number of nitrogens with one attached hydrogen (secondary N) is 1. The highest BCUT2D eigenvalue weighted by Crippen LogP contribution is 2.31. The number of rotatable bonds is 4. The number of hydrogen-bond acceptors (Lipinski definition) is 4. The molecule has 1 aromatic carbocycles. The van der Waals surface area contributed by atoms with Crippen molar-refractivity contribution in [3.63, 3.8) is 0 Å². The third-order valence-corrected chi connectivity index (χ3v) is 3.58. The molecule has 0 atom stereocenters. The summed E-state index contributed by atoms with van der Waals surface area (Å²) in [5.74, 6) is 0.716. The Morgan fingerprint density at radius 1 is 1.33 bits per heavy atom. The Morgan fingerprint density at radius 2 is 2.05 bits per heavy atom. The van der Waals surface area contributed by atoms with Crippen LogP contribution in [0.25, 0.3) is 0 Å². The van der Waals surface area contributed by atoms with Crippen LogP contribution in [-0.2, 0) is 12.1 Å². The number of nitrogens with zero attached hydrogens (tertiary/aromatic N) is 3. The first-order valence-electron chi connectivity index (χ1n) is 6.81. The quantitative estimate of drug-likeness (QED) is 0.937. The van der Waals surface area contributed by atoms with Crippen molar-refractivity contribution < 1.29 is 4.74 Å². The fraction of sp³-hybridized carbons (Fsp3) is 0.467. The van der Waals surface area contributed by atoms with Gasteiger partial charge in [0, 0.05) is 11.1 Å². The van der Waals surface area contributed by atoms with E-state index in [-0.39, 0.29) is 5.54 Å². The second-order valence-corrected chi connectivity index (χ2v) is 6.39. The molecular weight excluding hydrogens is 288 g/mol. The number of aromatic nitrogens is 3. The molecule has 0 aliphatic heterocycles. The van der Waals surface area contributed by atoms with Gasteiger partial charge >= 0.3 is 0 Å². The van der Waals surface area contributed by atoms with Gasteiger partial charge in [0.05, 0.1) is 31.1 Å². The molecule has 6 heteroatoms. The van der Waals surface area contributed by atoms with E-state index in [2.05, 4.69) is 36.4 Å². The van der Waals surface area contributed by atoms with E-state index < -0.39 is 0 Å². The van der Waals surface area contributed by atoms with Gasteiger partial charge in [0.25, 0.3) is 0 Å². The van der Waals surface area contributed by atoms with Crippen LogP contribution in [0.15, 0.2) is 18.3 Å². The lowest BCUT2D eigenvalue weighted by Crippen LogP contribution is -2.22. The van der Waals surface area contributed by atoms with Gasteiger partial charge in [0.15, 0.2) is 0 Å². The van der Waals surface area contributed by atoms with Gasteiger partial charge < -0.3 is 10.1 Å². The number of anilines is 1. The van der Waals surface area contributed by atoms with Crippen LogP contribution in [0, 0.1) is 6.92 Å². The third-order valence-electron chi connectivity index (χ3n) is 3.17. The summed E-state index contributed by atoms with van der Waals surface area (Å²) in [4.78, 5) is 0. The Morgan fingerprint density at radius 3 is 2.62 bits per heavy atom.